The zero-order valence-corrected chi connectivity index (χ0v) is 12.3. The minimum absolute atomic E-state index is 0.682. The van der Waals surface area contributed by atoms with Gasteiger partial charge in [-0.1, -0.05) is 28.1 Å². The van der Waals surface area contributed by atoms with Crippen LogP contribution in [0.15, 0.2) is 22.7 Å². The highest BCUT2D eigenvalue weighted by atomic mass is 79.9. The van der Waals surface area contributed by atoms with Crippen LogP contribution in [-0.4, -0.2) is 31.6 Å². The third-order valence-corrected chi connectivity index (χ3v) is 3.99. The first kappa shape index (κ1) is 13.1. The van der Waals surface area contributed by atoms with E-state index in [1.54, 1.807) is 0 Å². The average Bonchev–Trinajstić information content (AvgIpc) is 2.74. The Kier molecular flexibility index (Phi) is 4.60. The molecule has 1 unspecified atom stereocenters. The van der Waals surface area contributed by atoms with Gasteiger partial charge in [-0.3, -0.25) is 0 Å². The van der Waals surface area contributed by atoms with E-state index in [2.05, 4.69) is 58.4 Å². The zero-order valence-electron chi connectivity index (χ0n) is 10.7. The highest BCUT2D eigenvalue weighted by molar-refractivity contribution is 9.10. The molecule has 94 valence electrons. The van der Waals surface area contributed by atoms with Crippen molar-refractivity contribution in [3.8, 4) is 0 Å². The first-order valence-corrected chi connectivity index (χ1v) is 7.10. The summed E-state index contributed by atoms with van der Waals surface area (Å²) >= 11 is 3.68. The molecule has 1 aliphatic heterocycles. The molecule has 2 rings (SSSR count). The monoisotopic (exact) mass is 296 g/mol. The molecule has 1 heterocycles. The van der Waals surface area contributed by atoms with Gasteiger partial charge in [0.1, 0.15) is 0 Å². The maximum Gasteiger partial charge on any atom is 0.0238 e. The predicted molar refractivity (Wildman–Crippen MR) is 76.3 cm³/mol. The fourth-order valence-electron chi connectivity index (χ4n) is 2.40. The Balaban J connectivity index is 2.02. The molecule has 0 amide bonds. The summed E-state index contributed by atoms with van der Waals surface area (Å²) in [5, 5.41) is 3.55. The van der Waals surface area contributed by atoms with Crippen molar-refractivity contribution in [2.75, 3.05) is 20.6 Å². The van der Waals surface area contributed by atoms with Gasteiger partial charge in [-0.15, -0.1) is 0 Å². The van der Waals surface area contributed by atoms with E-state index in [1.165, 1.54) is 35.0 Å². The average molecular weight is 297 g/mol. The van der Waals surface area contributed by atoms with Crippen LogP contribution in [0.3, 0.4) is 0 Å². The molecule has 1 N–H and O–H groups in total. The molecule has 1 saturated heterocycles. The summed E-state index contributed by atoms with van der Waals surface area (Å²) in [7, 11) is 4.20. The van der Waals surface area contributed by atoms with Crippen LogP contribution in [0.2, 0.25) is 0 Å². The lowest BCUT2D eigenvalue weighted by Gasteiger charge is -2.14. The third-order valence-electron chi connectivity index (χ3n) is 3.25. The molecule has 0 aromatic heterocycles. The molecule has 1 aromatic carbocycles. The predicted octanol–water partition coefficient (Wildman–Crippen LogP) is 2.81. The Hall–Kier alpha value is -0.380. The van der Waals surface area contributed by atoms with E-state index in [-0.39, 0.29) is 0 Å². The van der Waals surface area contributed by atoms with Gasteiger partial charge in [0.25, 0.3) is 0 Å². The van der Waals surface area contributed by atoms with Gasteiger partial charge in [0.2, 0.25) is 0 Å². The van der Waals surface area contributed by atoms with Gasteiger partial charge in [-0.2, -0.15) is 0 Å². The van der Waals surface area contributed by atoms with Crippen LogP contribution in [0, 0.1) is 0 Å². The van der Waals surface area contributed by atoms with E-state index >= 15 is 0 Å². The number of nitrogens with one attached hydrogen (secondary N) is 1. The van der Waals surface area contributed by atoms with Crippen molar-refractivity contribution < 1.29 is 0 Å². The highest BCUT2D eigenvalue weighted by Gasteiger charge is 2.14. The molecule has 0 spiro atoms. The fraction of sp³-hybridized carbons (Fsp3) is 0.571. The van der Waals surface area contributed by atoms with Crippen LogP contribution in [0.5, 0.6) is 0 Å². The van der Waals surface area contributed by atoms with Gasteiger partial charge in [0, 0.05) is 17.1 Å². The van der Waals surface area contributed by atoms with E-state index < -0.39 is 0 Å². The molecule has 17 heavy (non-hydrogen) atoms. The summed E-state index contributed by atoms with van der Waals surface area (Å²) in [6.07, 6.45) is 3.79. The van der Waals surface area contributed by atoms with Gasteiger partial charge in [-0.05, 0) is 57.1 Å². The zero-order chi connectivity index (χ0) is 12.3. The quantitative estimate of drug-likeness (QED) is 0.919. The second-order valence-corrected chi connectivity index (χ2v) is 6.02. The summed E-state index contributed by atoms with van der Waals surface area (Å²) in [5.74, 6) is 0. The number of nitrogens with zero attached hydrogens (tertiary/aromatic N) is 1. The topological polar surface area (TPSA) is 15.3 Å². The van der Waals surface area contributed by atoms with E-state index in [0.29, 0.717) is 6.04 Å². The Labute approximate surface area is 113 Å². The Morgan fingerprint density at radius 3 is 2.82 bits per heavy atom. The maximum absolute atomic E-state index is 3.68. The second-order valence-electron chi connectivity index (χ2n) is 5.16. The van der Waals surface area contributed by atoms with Crippen LogP contribution in [0.1, 0.15) is 24.0 Å². The van der Waals surface area contributed by atoms with E-state index in [0.717, 1.165) is 13.0 Å². The van der Waals surface area contributed by atoms with Crippen LogP contribution >= 0.6 is 15.9 Å². The lowest BCUT2D eigenvalue weighted by molar-refractivity contribution is 0.401. The van der Waals surface area contributed by atoms with Crippen LogP contribution in [-0.2, 0) is 13.0 Å². The van der Waals surface area contributed by atoms with E-state index in [4.69, 9.17) is 0 Å². The molecule has 1 aromatic rings. The number of benzene rings is 1. The smallest absolute Gasteiger partial charge is 0.0238 e. The molecular formula is C14H21BrN2. The number of hydrogen-bond acceptors (Lipinski definition) is 2. The highest BCUT2D eigenvalue weighted by Crippen LogP contribution is 2.21. The van der Waals surface area contributed by atoms with Crippen molar-refractivity contribution in [3.63, 3.8) is 0 Å². The summed E-state index contributed by atoms with van der Waals surface area (Å²) in [5.41, 5.74) is 2.79. The van der Waals surface area contributed by atoms with Gasteiger partial charge < -0.3 is 10.2 Å². The summed E-state index contributed by atoms with van der Waals surface area (Å²) in [6.45, 7) is 2.17. The van der Waals surface area contributed by atoms with E-state index in [9.17, 15) is 0 Å². The standard InChI is InChI=1S/C14H21BrN2/c1-17(2)10-12-6-5-11(9-14(12)15)8-13-4-3-7-16-13/h5-6,9,13,16H,3-4,7-8,10H2,1-2H3. The summed E-state index contributed by atoms with van der Waals surface area (Å²) in [4.78, 5) is 2.19. The maximum atomic E-state index is 3.68. The molecule has 3 heteroatoms. The molecule has 0 saturated carbocycles. The van der Waals surface area contributed by atoms with Crippen molar-refractivity contribution in [2.24, 2.45) is 0 Å². The molecule has 0 bridgehead atoms. The van der Waals surface area contributed by atoms with Crippen LogP contribution in [0.4, 0.5) is 0 Å². The molecule has 1 atom stereocenters. The molecule has 0 radical (unpaired) electrons. The minimum Gasteiger partial charge on any atom is -0.314 e. The normalized spacial score (nSPS) is 20.1. The Morgan fingerprint density at radius 2 is 2.24 bits per heavy atom. The summed E-state index contributed by atoms with van der Waals surface area (Å²) < 4.78 is 1.24. The van der Waals surface area contributed by atoms with Crippen LogP contribution < -0.4 is 5.32 Å². The number of hydrogen-bond donors (Lipinski definition) is 1. The number of rotatable bonds is 4. The SMILES string of the molecule is CN(C)Cc1ccc(CC2CCCN2)cc1Br. The van der Waals surface area contributed by atoms with Gasteiger partial charge in [-0.25, -0.2) is 0 Å². The van der Waals surface area contributed by atoms with Crippen molar-refractivity contribution in [1.29, 1.82) is 0 Å². The first-order chi connectivity index (χ1) is 8.15. The minimum atomic E-state index is 0.682. The van der Waals surface area contributed by atoms with Crippen molar-refractivity contribution in [3.05, 3.63) is 33.8 Å². The van der Waals surface area contributed by atoms with Crippen LogP contribution in [0.25, 0.3) is 0 Å². The van der Waals surface area contributed by atoms with Crippen molar-refractivity contribution in [2.45, 2.75) is 31.8 Å². The van der Waals surface area contributed by atoms with E-state index in [1.807, 2.05) is 0 Å². The first-order valence-electron chi connectivity index (χ1n) is 6.30. The van der Waals surface area contributed by atoms with Gasteiger partial charge >= 0.3 is 0 Å². The largest absolute Gasteiger partial charge is 0.314 e. The van der Waals surface area contributed by atoms with Gasteiger partial charge in [0.05, 0.1) is 0 Å². The lowest BCUT2D eigenvalue weighted by Crippen LogP contribution is -2.23. The lowest BCUT2D eigenvalue weighted by atomic mass is 10.0. The molecule has 0 aliphatic carbocycles. The van der Waals surface area contributed by atoms with Gasteiger partial charge in [0.15, 0.2) is 0 Å². The second kappa shape index (κ2) is 5.98. The third kappa shape index (κ3) is 3.80. The fourth-order valence-corrected chi connectivity index (χ4v) is 2.95. The number of halogens is 1. The van der Waals surface area contributed by atoms with Crippen molar-refractivity contribution >= 4 is 15.9 Å². The molecular weight excluding hydrogens is 276 g/mol. The Morgan fingerprint density at radius 1 is 1.41 bits per heavy atom. The molecule has 1 aliphatic rings. The molecule has 1 fully saturated rings. The van der Waals surface area contributed by atoms with Crippen molar-refractivity contribution in [1.82, 2.24) is 10.2 Å². The molecule has 2 nitrogen and oxygen atoms in total. The Bertz CT molecular complexity index is 370. The summed E-state index contributed by atoms with van der Waals surface area (Å²) in [6, 6.07) is 7.47.